The Kier molecular flexibility index (Phi) is 4.12. The van der Waals surface area contributed by atoms with E-state index in [0.29, 0.717) is 6.42 Å². The molecule has 0 bridgehead atoms. The van der Waals surface area contributed by atoms with Gasteiger partial charge in [-0.2, -0.15) is 0 Å². The van der Waals surface area contributed by atoms with Crippen molar-refractivity contribution >= 4 is 11.8 Å². The van der Waals surface area contributed by atoms with Crippen LogP contribution in [0.15, 0.2) is 52.9 Å². The summed E-state index contributed by atoms with van der Waals surface area (Å²) >= 11 is 0. The Morgan fingerprint density at radius 3 is 2.43 bits per heavy atom. The summed E-state index contributed by atoms with van der Waals surface area (Å²) in [5, 5.41) is 10.9. The Bertz CT molecular complexity index is 653. The van der Waals surface area contributed by atoms with Crippen LogP contribution < -0.4 is 10.6 Å². The number of rotatable bonds is 3. The van der Waals surface area contributed by atoms with E-state index < -0.39 is 4.92 Å². The van der Waals surface area contributed by atoms with Crippen LogP contribution in [0.5, 0.6) is 0 Å². The fraction of sp³-hybridized carbons (Fsp3) is 0.250. The molecule has 0 heterocycles. The van der Waals surface area contributed by atoms with Crippen molar-refractivity contribution in [2.24, 2.45) is 5.73 Å². The van der Waals surface area contributed by atoms with Crippen molar-refractivity contribution in [1.82, 2.24) is 0 Å². The highest BCUT2D eigenvalue weighted by atomic mass is 16.6. The molecule has 0 radical (unpaired) electrons. The zero-order valence-corrected chi connectivity index (χ0v) is 12.5. The molecule has 0 atom stereocenters. The second kappa shape index (κ2) is 5.83. The smallest absolute Gasteiger partial charge is 0.288 e. The van der Waals surface area contributed by atoms with Crippen LogP contribution in [-0.4, -0.2) is 19.0 Å². The van der Waals surface area contributed by atoms with Gasteiger partial charge in [0.05, 0.1) is 4.92 Å². The zero-order chi connectivity index (χ0) is 15.6. The van der Waals surface area contributed by atoms with Crippen LogP contribution in [0, 0.1) is 10.1 Å². The van der Waals surface area contributed by atoms with Gasteiger partial charge < -0.3 is 10.6 Å². The van der Waals surface area contributed by atoms with Crippen molar-refractivity contribution in [2.45, 2.75) is 13.3 Å². The Morgan fingerprint density at radius 1 is 1.29 bits per heavy atom. The Balaban J connectivity index is 2.29. The van der Waals surface area contributed by atoms with Crippen molar-refractivity contribution < 1.29 is 4.92 Å². The lowest BCUT2D eigenvalue weighted by molar-refractivity contribution is -0.421. The second-order valence-electron chi connectivity index (χ2n) is 5.24. The topological polar surface area (TPSA) is 72.4 Å². The molecule has 0 aromatic heterocycles. The van der Waals surface area contributed by atoms with E-state index in [9.17, 15) is 10.1 Å². The first kappa shape index (κ1) is 14.8. The van der Waals surface area contributed by atoms with Gasteiger partial charge in [-0.25, -0.2) is 0 Å². The number of nitro groups is 1. The van der Waals surface area contributed by atoms with E-state index in [1.165, 1.54) is 0 Å². The van der Waals surface area contributed by atoms with Crippen LogP contribution in [0.25, 0.3) is 6.08 Å². The van der Waals surface area contributed by atoms with Crippen molar-refractivity contribution in [2.75, 3.05) is 19.0 Å². The van der Waals surface area contributed by atoms with Crippen molar-refractivity contribution in [1.29, 1.82) is 0 Å². The summed E-state index contributed by atoms with van der Waals surface area (Å²) in [6.07, 6.45) is 4.12. The maximum atomic E-state index is 10.9. The highest BCUT2D eigenvalue weighted by Gasteiger charge is 2.22. The lowest BCUT2D eigenvalue weighted by Crippen LogP contribution is -2.15. The molecule has 1 aromatic carbocycles. The van der Waals surface area contributed by atoms with Gasteiger partial charge in [0.1, 0.15) is 5.70 Å². The van der Waals surface area contributed by atoms with Gasteiger partial charge in [0.2, 0.25) is 0 Å². The quantitative estimate of drug-likeness (QED) is 0.684. The maximum Gasteiger partial charge on any atom is 0.288 e. The van der Waals surface area contributed by atoms with Crippen LogP contribution in [-0.2, 0) is 0 Å². The summed E-state index contributed by atoms with van der Waals surface area (Å²) in [4.78, 5) is 12.5. The zero-order valence-electron chi connectivity index (χ0n) is 12.5. The number of hydrogen-bond donors (Lipinski definition) is 1. The second-order valence-corrected chi connectivity index (χ2v) is 5.24. The number of nitrogens with zero attached hydrogens (tertiary/aromatic N) is 2. The van der Waals surface area contributed by atoms with Gasteiger partial charge in [-0.05, 0) is 42.2 Å². The highest BCUT2D eigenvalue weighted by molar-refractivity contribution is 5.63. The lowest BCUT2D eigenvalue weighted by atomic mass is 9.93. The van der Waals surface area contributed by atoms with E-state index in [0.717, 1.165) is 22.4 Å². The van der Waals surface area contributed by atoms with Gasteiger partial charge in [0.25, 0.3) is 5.70 Å². The van der Waals surface area contributed by atoms with Gasteiger partial charge in [-0.3, -0.25) is 10.1 Å². The average molecular weight is 285 g/mol. The van der Waals surface area contributed by atoms with Crippen LogP contribution in [0.4, 0.5) is 5.69 Å². The lowest BCUT2D eigenvalue weighted by Gasteiger charge is -2.15. The number of allylic oxidation sites excluding steroid dienone is 3. The average Bonchev–Trinajstić information content (AvgIpc) is 2.44. The summed E-state index contributed by atoms with van der Waals surface area (Å²) in [6, 6.07) is 8.13. The Labute approximate surface area is 124 Å². The first-order valence-electron chi connectivity index (χ1n) is 6.69. The molecule has 0 saturated carbocycles. The molecule has 1 aromatic rings. The normalized spacial score (nSPS) is 16.9. The molecule has 21 heavy (non-hydrogen) atoms. The van der Waals surface area contributed by atoms with Crippen molar-refractivity contribution in [3.05, 3.63) is 68.6 Å². The molecule has 0 fully saturated rings. The molecule has 5 heteroatoms. The highest BCUT2D eigenvalue weighted by Crippen LogP contribution is 2.28. The Hall–Kier alpha value is -2.56. The molecule has 0 amide bonds. The molecule has 0 saturated heterocycles. The van der Waals surface area contributed by atoms with E-state index in [1.807, 2.05) is 56.3 Å². The third-order valence-corrected chi connectivity index (χ3v) is 3.62. The first-order valence-corrected chi connectivity index (χ1v) is 6.69. The van der Waals surface area contributed by atoms with E-state index in [2.05, 4.69) is 0 Å². The largest absolute Gasteiger partial charge is 0.393 e. The Morgan fingerprint density at radius 2 is 1.90 bits per heavy atom. The first-order chi connectivity index (χ1) is 9.90. The van der Waals surface area contributed by atoms with E-state index in [1.54, 1.807) is 6.08 Å². The van der Waals surface area contributed by atoms with E-state index >= 15 is 0 Å². The van der Waals surface area contributed by atoms with Crippen molar-refractivity contribution in [3.8, 4) is 0 Å². The fourth-order valence-electron chi connectivity index (χ4n) is 2.24. The molecular formula is C16H19N3O2. The van der Waals surface area contributed by atoms with Crippen LogP contribution in [0.3, 0.4) is 0 Å². The molecule has 5 nitrogen and oxygen atoms in total. The third-order valence-electron chi connectivity index (χ3n) is 3.62. The number of hydrogen-bond acceptors (Lipinski definition) is 4. The predicted octanol–water partition coefficient (Wildman–Crippen LogP) is 2.93. The number of benzene rings is 1. The van der Waals surface area contributed by atoms with Gasteiger partial charge in [0.15, 0.2) is 0 Å². The third kappa shape index (κ3) is 3.13. The SMILES string of the molecule is CC1=C(N)C([N+](=O)[O-])=CCC1=Cc1ccc(N(C)C)cc1. The molecule has 0 unspecified atom stereocenters. The summed E-state index contributed by atoms with van der Waals surface area (Å²) in [6.45, 7) is 1.83. The fourth-order valence-corrected chi connectivity index (χ4v) is 2.24. The molecule has 1 aliphatic rings. The summed E-state index contributed by atoms with van der Waals surface area (Å²) in [7, 11) is 3.98. The summed E-state index contributed by atoms with van der Waals surface area (Å²) in [5.74, 6) is 0. The van der Waals surface area contributed by atoms with E-state index in [-0.39, 0.29) is 11.4 Å². The molecule has 2 rings (SSSR count). The molecule has 1 aliphatic carbocycles. The molecule has 110 valence electrons. The molecule has 2 N–H and O–H groups in total. The molecular weight excluding hydrogens is 266 g/mol. The summed E-state index contributed by atoms with van der Waals surface area (Å²) < 4.78 is 0. The van der Waals surface area contributed by atoms with Gasteiger partial charge in [-0.1, -0.05) is 18.2 Å². The monoisotopic (exact) mass is 285 g/mol. The predicted molar refractivity (Wildman–Crippen MR) is 85.3 cm³/mol. The minimum atomic E-state index is -0.429. The van der Waals surface area contributed by atoms with Gasteiger partial charge in [0, 0.05) is 25.9 Å². The van der Waals surface area contributed by atoms with Crippen LogP contribution >= 0.6 is 0 Å². The minimum Gasteiger partial charge on any atom is -0.393 e. The van der Waals surface area contributed by atoms with Crippen molar-refractivity contribution in [3.63, 3.8) is 0 Å². The summed E-state index contributed by atoms with van der Waals surface area (Å²) in [5.41, 5.74) is 10.1. The van der Waals surface area contributed by atoms with Gasteiger partial charge in [-0.15, -0.1) is 0 Å². The van der Waals surface area contributed by atoms with E-state index in [4.69, 9.17) is 5.73 Å². The minimum absolute atomic E-state index is 0.00704. The standard InChI is InChI=1S/C16H19N3O2/c1-11-13(6-9-15(16(11)17)19(20)21)10-12-4-7-14(8-5-12)18(2)3/h4-5,7-10H,6,17H2,1-3H3. The van der Waals surface area contributed by atoms with Crippen LogP contribution in [0.2, 0.25) is 0 Å². The maximum absolute atomic E-state index is 10.9. The number of anilines is 1. The molecule has 0 aliphatic heterocycles. The van der Waals surface area contributed by atoms with Crippen LogP contribution in [0.1, 0.15) is 18.9 Å². The molecule has 0 spiro atoms. The van der Waals surface area contributed by atoms with Gasteiger partial charge >= 0.3 is 0 Å². The number of nitrogens with two attached hydrogens (primary N) is 1.